The summed E-state index contributed by atoms with van der Waals surface area (Å²) in [6.45, 7) is 5.32. The molecule has 0 aliphatic heterocycles. The molecule has 0 radical (unpaired) electrons. The maximum absolute atomic E-state index is 8.62. The van der Waals surface area contributed by atoms with Crippen LogP contribution in [0.15, 0.2) is 18.3 Å². The fourth-order valence-corrected chi connectivity index (χ4v) is 1.49. The van der Waals surface area contributed by atoms with Gasteiger partial charge in [0.05, 0.1) is 0 Å². The SMILES string of the molecule is CCCn1cccc1CNCCCO. The van der Waals surface area contributed by atoms with Gasteiger partial charge in [0.1, 0.15) is 0 Å². The van der Waals surface area contributed by atoms with Gasteiger partial charge in [0.2, 0.25) is 0 Å². The fraction of sp³-hybridized carbons (Fsp3) is 0.636. The first-order valence-corrected chi connectivity index (χ1v) is 5.34. The highest BCUT2D eigenvalue weighted by molar-refractivity contribution is 5.06. The van der Waals surface area contributed by atoms with E-state index in [4.69, 9.17) is 5.11 Å². The maximum atomic E-state index is 8.62. The lowest BCUT2D eigenvalue weighted by Crippen LogP contribution is -2.18. The lowest BCUT2D eigenvalue weighted by Gasteiger charge is -2.08. The van der Waals surface area contributed by atoms with Gasteiger partial charge in [-0.3, -0.25) is 0 Å². The minimum atomic E-state index is 0.267. The minimum Gasteiger partial charge on any atom is -0.396 e. The first-order chi connectivity index (χ1) is 6.88. The standard InChI is InChI=1S/C11H20N2O/c1-2-7-13-8-3-5-11(13)10-12-6-4-9-14/h3,5,8,12,14H,2,4,6-7,9-10H2,1H3. The lowest BCUT2D eigenvalue weighted by molar-refractivity contribution is 0.286. The molecule has 0 saturated carbocycles. The smallest absolute Gasteiger partial charge is 0.0443 e. The molecule has 0 saturated heterocycles. The Morgan fingerprint density at radius 3 is 3.07 bits per heavy atom. The van der Waals surface area contributed by atoms with Gasteiger partial charge in [0.25, 0.3) is 0 Å². The second kappa shape index (κ2) is 6.62. The Kier molecular flexibility index (Phi) is 5.33. The number of hydrogen-bond acceptors (Lipinski definition) is 2. The predicted molar refractivity (Wildman–Crippen MR) is 58.1 cm³/mol. The van der Waals surface area contributed by atoms with Crippen molar-refractivity contribution in [2.45, 2.75) is 32.9 Å². The molecule has 0 bridgehead atoms. The highest BCUT2D eigenvalue weighted by Crippen LogP contribution is 2.02. The van der Waals surface area contributed by atoms with Gasteiger partial charge in [-0.2, -0.15) is 0 Å². The van der Waals surface area contributed by atoms with Crippen LogP contribution in [0.5, 0.6) is 0 Å². The van der Waals surface area contributed by atoms with Crippen molar-refractivity contribution < 1.29 is 5.11 Å². The summed E-state index contributed by atoms with van der Waals surface area (Å²) in [5, 5.41) is 11.9. The first-order valence-electron chi connectivity index (χ1n) is 5.34. The molecule has 14 heavy (non-hydrogen) atoms. The van der Waals surface area contributed by atoms with Crippen molar-refractivity contribution in [1.29, 1.82) is 0 Å². The zero-order valence-electron chi connectivity index (χ0n) is 8.87. The predicted octanol–water partition coefficient (Wildman–Crippen LogP) is 1.37. The van der Waals surface area contributed by atoms with E-state index in [1.807, 2.05) is 0 Å². The molecule has 0 aliphatic rings. The highest BCUT2D eigenvalue weighted by Gasteiger charge is 1.98. The summed E-state index contributed by atoms with van der Waals surface area (Å²) in [7, 11) is 0. The molecule has 3 nitrogen and oxygen atoms in total. The van der Waals surface area contributed by atoms with E-state index >= 15 is 0 Å². The van der Waals surface area contributed by atoms with E-state index in [2.05, 4.69) is 35.1 Å². The van der Waals surface area contributed by atoms with Gasteiger partial charge in [-0.1, -0.05) is 6.92 Å². The molecule has 1 aromatic rings. The summed E-state index contributed by atoms with van der Waals surface area (Å²) in [5.41, 5.74) is 1.32. The molecule has 0 aliphatic carbocycles. The van der Waals surface area contributed by atoms with E-state index < -0.39 is 0 Å². The Balaban J connectivity index is 2.30. The quantitative estimate of drug-likeness (QED) is 0.646. The molecule has 0 amide bonds. The second-order valence-corrected chi connectivity index (χ2v) is 3.45. The van der Waals surface area contributed by atoms with Gasteiger partial charge < -0.3 is 15.0 Å². The van der Waals surface area contributed by atoms with Crippen molar-refractivity contribution >= 4 is 0 Å². The van der Waals surface area contributed by atoms with Crippen LogP contribution >= 0.6 is 0 Å². The van der Waals surface area contributed by atoms with Crippen molar-refractivity contribution in [3.8, 4) is 0 Å². The van der Waals surface area contributed by atoms with Gasteiger partial charge in [0.15, 0.2) is 0 Å². The third-order valence-corrected chi connectivity index (χ3v) is 2.21. The van der Waals surface area contributed by atoms with Crippen LogP contribution in [-0.4, -0.2) is 22.8 Å². The van der Waals surface area contributed by atoms with Crippen LogP contribution in [0.2, 0.25) is 0 Å². The summed E-state index contributed by atoms with van der Waals surface area (Å²) in [5.74, 6) is 0. The number of aryl methyl sites for hydroxylation is 1. The number of rotatable bonds is 7. The van der Waals surface area contributed by atoms with Crippen LogP contribution in [0.3, 0.4) is 0 Å². The van der Waals surface area contributed by atoms with Crippen LogP contribution in [0, 0.1) is 0 Å². The van der Waals surface area contributed by atoms with Gasteiger partial charge in [0, 0.05) is 31.6 Å². The van der Waals surface area contributed by atoms with Gasteiger partial charge in [-0.15, -0.1) is 0 Å². The van der Waals surface area contributed by atoms with Crippen molar-refractivity contribution in [1.82, 2.24) is 9.88 Å². The fourth-order valence-electron chi connectivity index (χ4n) is 1.49. The Labute approximate surface area is 85.7 Å². The van der Waals surface area contributed by atoms with E-state index in [1.165, 1.54) is 12.1 Å². The van der Waals surface area contributed by atoms with Gasteiger partial charge in [-0.25, -0.2) is 0 Å². The maximum Gasteiger partial charge on any atom is 0.0443 e. The molecular weight excluding hydrogens is 176 g/mol. The van der Waals surface area contributed by atoms with Crippen LogP contribution in [0.4, 0.5) is 0 Å². The van der Waals surface area contributed by atoms with Crippen molar-refractivity contribution in [3.05, 3.63) is 24.0 Å². The van der Waals surface area contributed by atoms with Crippen molar-refractivity contribution in [2.75, 3.05) is 13.2 Å². The average Bonchev–Trinajstić information content (AvgIpc) is 2.61. The molecule has 0 aromatic carbocycles. The number of aliphatic hydroxyl groups excluding tert-OH is 1. The van der Waals surface area contributed by atoms with Crippen LogP contribution < -0.4 is 5.32 Å². The molecule has 3 heteroatoms. The summed E-state index contributed by atoms with van der Waals surface area (Å²) in [6, 6.07) is 4.22. The lowest BCUT2D eigenvalue weighted by atomic mass is 10.3. The number of nitrogens with zero attached hydrogens (tertiary/aromatic N) is 1. The summed E-state index contributed by atoms with van der Waals surface area (Å²) in [6.07, 6.45) is 4.11. The van der Waals surface area contributed by atoms with Crippen LogP contribution in [0.25, 0.3) is 0 Å². The molecular formula is C11H20N2O. The molecule has 0 spiro atoms. The van der Waals surface area contributed by atoms with E-state index in [0.29, 0.717) is 0 Å². The Hall–Kier alpha value is -0.800. The topological polar surface area (TPSA) is 37.2 Å². The zero-order chi connectivity index (χ0) is 10.2. The largest absolute Gasteiger partial charge is 0.396 e. The monoisotopic (exact) mass is 196 g/mol. The number of hydrogen-bond donors (Lipinski definition) is 2. The minimum absolute atomic E-state index is 0.267. The van der Waals surface area contributed by atoms with Crippen LogP contribution in [-0.2, 0) is 13.1 Å². The number of nitrogens with one attached hydrogen (secondary N) is 1. The van der Waals surface area contributed by atoms with Gasteiger partial charge in [-0.05, 0) is 31.5 Å². The van der Waals surface area contributed by atoms with Crippen molar-refractivity contribution in [2.24, 2.45) is 0 Å². The molecule has 2 N–H and O–H groups in total. The molecule has 0 unspecified atom stereocenters. The summed E-state index contributed by atoms with van der Waals surface area (Å²) in [4.78, 5) is 0. The zero-order valence-corrected chi connectivity index (χ0v) is 8.87. The summed E-state index contributed by atoms with van der Waals surface area (Å²) >= 11 is 0. The Morgan fingerprint density at radius 1 is 1.50 bits per heavy atom. The normalized spacial score (nSPS) is 10.7. The molecule has 1 heterocycles. The van der Waals surface area contributed by atoms with E-state index in [-0.39, 0.29) is 6.61 Å². The molecule has 80 valence electrons. The third kappa shape index (κ3) is 3.52. The van der Waals surface area contributed by atoms with Crippen molar-refractivity contribution in [3.63, 3.8) is 0 Å². The Morgan fingerprint density at radius 2 is 2.36 bits per heavy atom. The molecule has 0 fully saturated rings. The molecule has 1 aromatic heterocycles. The molecule has 0 atom stereocenters. The number of aromatic nitrogens is 1. The van der Waals surface area contributed by atoms with Gasteiger partial charge >= 0.3 is 0 Å². The second-order valence-electron chi connectivity index (χ2n) is 3.45. The van der Waals surface area contributed by atoms with Crippen LogP contribution in [0.1, 0.15) is 25.5 Å². The third-order valence-electron chi connectivity index (χ3n) is 2.21. The number of aliphatic hydroxyl groups is 1. The van der Waals surface area contributed by atoms with E-state index in [0.717, 1.165) is 26.1 Å². The van der Waals surface area contributed by atoms with E-state index in [1.54, 1.807) is 0 Å². The van der Waals surface area contributed by atoms with E-state index in [9.17, 15) is 0 Å². The Bertz CT molecular complexity index is 245. The summed E-state index contributed by atoms with van der Waals surface area (Å²) < 4.78 is 2.27. The average molecular weight is 196 g/mol. The first kappa shape index (κ1) is 11.3. The highest BCUT2D eigenvalue weighted by atomic mass is 16.3. The molecule has 1 rings (SSSR count).